The van der Waals surface area contributed by atoms with Gasteiger partial charge in [-0.2, -0.15) is 5.26 Å². The molecule has 0 atom stereocenters. The van der Waals surface area contributed by atoms with E-state index < -0.39 is 16.8 Å². The number of nitrogens with zero attached hydrogens (tertiary/aromatic N) is 2. The average Bonchev–Trinajstić information content (AvgIpc) is 3.25. The van der Waals surface area contributed by atoms with Crippen LogP contribution in [0.4, 0.5) is 11.4 Å². The summed E-state index contributed by atoms with van der Waals surface area (Å²) in [7, 11) is 1.39. The van der Waals surface area contributed by atoms with Crippen LogP contribution in [-0.2, 0) is 4.79 Å². The van der Waals surface area contributed by atoms with Gasteiger partial charge in [0, 0.05) is 6.08 Å². The van der Waals surface area contributed by atoms with Crippen molar-refractivity contribution in [3.8, 4) is 23.1 Å². The molecule has 0 spiro atoms. The molecule has 32 heavy (non-hydrogen) atoms. The highest BCUT2D eigenvalue weighted by atomic mass is 16.6. The van der Waals surface area contributed by atoms with E-state index in [1.165, 1.54) is 55.6 Å². The van der Waals surface area contributed by atoms with Gasteiger partial charge in [0.15, 0.2) is 0 Å². The Bertz CT molecular complexity index is 1280. The third-order valence-electron chi connectivity index (χ3n) is 4.35. The van der Waals surface area contributed by atoms with Crippen LogP contribution in [0.3, 0.4) is 0 Å². The third kappa shape index (κ3) is 4.63. The summed E-state index contributed by atoms with van der Waals surface area (Å²) in [4.78, 5) is 34.6. The van der Waals surface area contributed by atoms with Crippen molar-refractivity contribution in [3.63, 3.8) is 0 Å². The highest BCUT2D eigenvalue weighted by Crippen LogP contribution is 2.34. The van der Waals surface area contributed by atoms with Gasteiger partial charge >= 0.3 is 5.97 Å². The van der Waals surface area contributed by atoms with Crippen molar-refractivity contribution in [1.29, 1.82) is 5.26 Å². The molecule has 0 saturated heterocycles. The molecule has 0 aliphatic rings. The van der Waals surface area contributed by atoms with Crippen molar-refractivity contribution in [2.45, 2.75) is 0 Å². The van der Waals surface area contributed by atoms with Crippen LogP contribution < -0.4 is 10.1 Å². The van der Waals surface area contributed by atoms with E-state index in [9.17, 15) is 30.1 Å². The fourth-order valence-corrected chi connectivity index (χ4v) is 2.83. The normalized spacial score (nSPS) is 10.8. The Morgan fingerprint density at radius 3 is 2.62 bits per heavy atom. The van der Waals surface area contributed by atoms with E-state index in [1.54, 1.807) is 12.1 Å². The Balaban J connectivity index is 1.90. The summed E-state index contributed by atoms with van der Waals surface area (Å²) in [5, 5.41) is 32.4. The number of anilines is 1. The highest BCUT2D eigenvalue weighted by molar-refractivity contribution is 6.11. The zero-order chi connectivity index (χ0) is 23.3. The van der Waals surface area contributed by atoms with E-state index in [2.05, 4.69) is 5.32 Å². The molecule has 160 valence electrons. The van der Waals surface area contributed by atoms with Crippen molar-refractivity contribution < 1.29 is 28.8 Å². The van der Waals surface area contributed by atoms with Crippen molar-refractivity contribution >= 4 is 29.3 Å². The number of rotatable bonds is 7. The number of carbonyl (C=O) groups excluding carboxylic acids is 1. The largest absolute Gasteiger partial charge is 0.497 e. The molecule has 3 aromatic rings. The van der Waals surface area contributed by atoms with Crippen LogP contribution in [0.2, 0.25) is 0 Å². The number of carboxylic acid groups (broad SMARTS) is 1. The molecule has 2 aromatic carbocycles. The van der Waals surface area contributed by atoms with Crippen molar-refractivity contribution in [2.24, 2.45) is 0 Å². The minimum absolute atomic E-state index is 0.0279. The molecule has 0 fully saturated rings. The molecule has 1 aromatic heterocycles. The number of aromatic carboxylic acids is 1. The van der Waals surface area contributed by atoms with Crippen LogP contribution in [-0.4, -0.2) is 29.0 Å². The molecular formula is C22H15N3O7. The minimum Gasteiger partial charge on any atom is -0.497 e. The predicted octanol–water partition coefficient (Wildman–Crippen LogP) is 4.11. The van der Waals surface area contributed by atoms with Gasteiger partial charge in [0.2, 0.25) is 0 Å². The van der Waals surface area contributed by atoms with Gasteiger partial charge in [-0.15, -0.1) is 0 Å². The second kappa shape index (κ2) is 9.27. The Morgan fingerprint density at radius 1 is 1.22 bits per heavy atom. The first-order chi connectivity index (χ1) is 15.3. The second-order valence-electron chi connectivity index (χ2n) is 6.32. The van der Waals surface area contributed by atoms with Gasteiger partial charge in [-0.05, 0) is 36.4 Å². The molecule has 0 unspecified atom stereocenters. The number of nitro groups is 1. The van der Waals surface area contributed by atoms with E-state index in [1.807, 2.05) is 0 Å². The molecule has 10 heteroatoms. The van der Waals surface area contributed by atoms with E-state index in [0.717, 1.165) is 6.08 Å². The molecule has 1 heterocycles. The van der Waals surface area contributed by atoms with Crippen molar-refractivity contribution in [1.82, 2.24) is 0 Å². The zero-order valence-electron chi connectivity index (χ0n) is 16.6. The van der Waals surface area contributed by atoms with Gasteiger partial charge in [0.25, 0.3) is 11.6 Å². The second-order valence-corrected chi connectivity index (χ2v) is 6.32. The maximum Gasteiger partial charge on any atom is 0.337 e. The van der Waals surface area contributed by atoms with E-state index >= 15 is 0 Å². The van der Waals surface area contributed by atoms with Gasteiger partial charge in [-0.1, -0.05) is 12.1 Å². The lowest BCUT2D eigenvalue weighted by atomic mass is 10.1. The van der Waals surface area contributed by atoms with Crippen LogP contribution in [0, 0.1) is 21.4 Å². The molecular weight excluding hydrogens is 418 g/mol. The fourth-order valence-electron chi connectivity index (χ4n) is 2.83. The number of ether oxygens (including phenoxy) is 1. The first-order valence-corrected chi connectivity index (χ1v) is 9.02. The topological polar surface area (TPSA) is 156 Å². The van der Waals surface area contributed by atoms with E-state index in [0.29, 0.717) is 5.75 Å². The van der Waals surface area contributed by atoms with Crippen molar-refractivity contribution in [2.75, 3.05) is 12.4 Å². The lowest BCUT2D eigenvalue weighted by molar-refractivity contribution is -0.384. The predicted molar refractivity (Wildman–Crippen MR) is 113 cm³/mol. The standard InChI is InChI=1S/C22H15N3O7/c1-31-14-6-8-17(19(11-14)25(29)30)20-9-7-15(32-20)10-13(12-23)21(26)24-18-5-3-2-4-16(18)22(27)28/h2-11H,1H3,(H,24,26)(H,27,28). The lowest BCUT2D eigenvalue weighted by Gasteiger charge is -2.07. The Morgan fingerprint density at radius 2 is 1.97 bits per heavy atom. The number of hydrogen-bond acceptors (Lipinski definition) is 7. The number of carboxylic acids is 1. The summed E-state index contributed by atoms with van der Waals surface area (Å²) >= 11 is 0. The maximum atomic E-state index is 12.5. The number of methoxy groups -OCH3 is 1. The number of nitro benzene ring substituents is 1. The molecule has 0 aliphatic carbocycles. The SMILES string of the molecule is COc1ccc(-c2ccc(C=C(C#N)C(=O)Nc3ccccc3C(=O)O)o2)c([N+](=O)[O-])c1. The first-order valence-electron chi connectivity index (χ1n) is 9.02. The lowest BCUT2D eigenvalue weighted by Crippen LogP contribution is -2.16. The summed E-state index contributed by atoms with van der Waals surface area (Å²) in [6.45, 7) is 0. The monoisotopic (exact) mass is 433 g/mol. The number of para-hydroxylation sites is 1. The minimum atomic E-state index is -1.24. The quantitative estimate of drug-likeness (QED) is 0.244. The number of nitrogens with one attached hydrogen (secondary N) is 1. The van der Waals surface area contributed by atoms with E-state index in [-0.39, 0.29) is 39.6 Å². The van der Waals surface area contributed by atoms with Crippen LogP contribution in [0.25, 0.3) is 17.4 Å². The Labute approximate surface area is 181 Å². The van der Waals surface area contributed by atoms with Gasteiger partial charge in [0.05, 0.1) is 34.9 Å². The molecule has 0 aliphatic heterocycles. The number of benzene rings is 2. The summed E-state index contributed by atoms with van der Waals surface area (Å²) in [5.74, 6) is -1.52. The third-order valence-corrected chi connectivity index (χ3v) is 4.35. The Kier molecular flexibility index (Phi) is 6.31. The first kappa shape index (κ1) is 21.8. The number of hydrogen-bond donors (Lipinski definition) is 2. The molecule has 0 radical (unpaired) electrons. The van der Waals surface area contributed by atoms with Crippen LogP contribution >= 0.6 is 0 Å². The highest BCUT2D eigenvalue weighted by Gasteiger charge is 2.20. The summed E-state index contributed by atoms with van der Waals surface area (Å²) in [5.41, 5.74) is -0.507. The zero-order valence-corrected chi connectivity index (χ0v) is 16.6. The van der Waals surface area contributed by atoms with E-state index in [4.69, 9.17) is 9.15 Å². The smallest absolute Gasteiger partial charge is 0.337 e. The summed E-state index contributed by atoms with van der Waals surface area (Å²) in [6, 6.07) is 14.6. The van der Waals surface area contributed by atoms with Gasteiger partial charge in [-0.25, -0.2) is 4.79 Å². The summed E-state index contributed by atoms with van der Waals surface area (Å²) < 4.78 is 10.6. The van der Waals surface area contributed by atoms with Crippen molar-refractivity contribution in [3.05, 3.63) is 81.6 Å². The molecule has 10 nitrogen and oxygen atoms in total. The molecule has 1 amide bonds. The summed E-state index contributed by atoms with van der Waals surface area (Å²) in [6.07, 6.45) is 1.15. The van der Waals surface area contributed by atoms with Crippen LogP contribution in [0.5, 0.6) is 5.75 Å². The molecule has 3 rings (SSSR count). The average molecular weight is 433 g/mol. The van der Waals surface area contributed by atoms with Crippen LogP contribution in [0.15, 0.2) is 64.6 Å². The number of furan rings is 1. The number of amides is 1. The fraction of sp³-hybridized carbons (Fsp3) is 0.0455. The number of carbonyl (C=O) groups is 2. The van der Waals surface area contributed by atoms with Gasteiger partial charge in [0.1, 0.15) is 28.9 Å². The molecule has 2 N–H and O–H groups in total. The van der Waals surface area contributed by atoms with Gasteiger partial charge in [-0.3, -0.25) is 14.9 Å². The van der Waals surface area contributed by atoms with Gasteiger partial charge < -0.3 is 19.6 Å². The molecule has 0 saturated carbocycles. The molecule has 0 bridgehead atoms. The number of nitriles is 1. The van der Waals surface area contributed by atoms with Crippen LogP contribution in [0.1, 0.15) is 16.1 Å². The Hall–Kier alpha value is -4.91. The maximum absolute atomic E-state index is 12.5.